The summed E-state index contributed by atoms with van der Waals surface area (Å²) in [4.78, 5) is 22.3. The molecule has 0 radical (unpaired) electrons. The molecule has 0 saturated carbocycles. The molecule has 1 atom stereocenters. The van der Waals surface area contributed by atoms with Gasteiger partial charge in [-0.15, -0.1) is 0 Å². The molecule has 0 aliphatic carbocycles. The summed E-state index contributed by atoms with van der Waals surface area (Å²) in [5.41, 5.74) is 8.25. The fourth-order valence-corrected chi connectivity index (χ4v) is 5.16. The van der Waals surface area contributed by atoms with Crippen molar-refractivity contribution in [1.29, 1.82) is 0 Å². The number of rotatable bonds is 4. The number of fused-ring (bicyclic) bond motifs is 1. The molecule has 0 spiro atoms. The molecule has 5 heterocycles. The molecule has 4 N–H and O–H groups in total. The normalized spacial score (nSPS) is 22.2. The zero-order valence-electron chi connectivity index (χ0n) is 17.0. The summed E-state index contributed by atoms with van der Waals surface area (Å²) >= 11 is 0. The number of morpholine rings is 1. The van der Waals surface area contributed by atoms with E-state index in [1.165, 1.54) is 4.31 Å². The van der Waals surface area contributed by atoms with Gasteiger partial charge in [0, 0.05) is 62.3 Å². The third-order valence-corrected chi connectivity index (χ3v) is 7.07. The molecule has 0 unspecified atom stereocenters. The molecule has 12 nitrogen and oxygen atoms in total. The van der Waals surface area contributed by atoms with Crippen LogP contribution in [0.1, 0.15) is 12.0 Å². The maximum absolute atomic E-state index is 11.8. The lowest BCUT2D eigenvalue weighted by atomic mass is 10.1. The number of ether oxygens (including phenoxy) is 1. The second-order valence-electron chi connectivity index (χ2n) is 7.89. The molecule has 2 saturated heterocycles. The molecule has 2 aromatic heterocycles. The molecule has 166 valence electrons. The standard InChI is InChI=1S/C18H25N9O3S/c19-17-21-9-12(10-22-17)15-14-2-4-27(13-1-3-26(11-13)31(20,28)29)16(14)24-18(23-15)25-5-7-30-8-6-25/h9-10,13H,1-8,11H2,(H2,19,21,22)(H2,20,28,29)/t13-/m0/s1. The van der Waals surface area contributed by atoms with Crippen LogP contribution in [0, 0.1) is 0 Å². The molecule has 3 aliphatic heterocycles. The summed E-state index contributed by atoms with van der Waals surface area (Å²) in [5.74, 6) is 1.67. The van der Waals surface area contributed by atoms with Gasteiger partial charge in [-0.2, -0.15) is 17.7 Å². The molecular formula is C18H25N9O3S. The Labute approximate surface area is 180 Å². The lowest BCUT2D eigenvalue weighted by Crippen LogP contribution is -2.41. The molecule has 31 heavy (non-hydrogen) atoms. The van der Waals surface area contributed by atoms with Crippen LogP contribution in [0.15, 0.2) is 12.4 Å². The van der Waals surface area contributed by atoms with E-state index in [0.717, 1.165) is 35.6 Å². The monoisotopic (exact) mass is 447 g/mol. The van der Waals surface area contributed by atoms with Gasteiger partial charge in [0.2, 0.25) is 11.9 Å². The summed E-state index contributed by atoms with van der Waals surface area (Å²) in [6.07, 6.45) is 4.81. The first-order valence-electron chi connectivity index (χ1n) is 10.3. The number of aromatic nitrogens is 4. The van der Waals surface area contributed by atoms with E-state index in [-0.39, 0.29) is 12.0 Å². The Bertz CT molecular complexity index is 1070. The van der Waals surface area contributed by atoms with E-state index in [2.05, 4.69) is 19.8 Å². The highest BCUT2D eigenvalue weighted by Gasteiger charge is 2.37. The van der Waals surface area contributed by atoms with Crippen LogP contribution in [0.2, 0.25) is 0 Å². The summed E-state index contributed by atoms with van der Waals surface area (Å²) in [5, 5.41) is 5.34. The molecule has 0 amide bonds. The van der Waals surface area contributed by atoms with Crippen molar-refractivity contribution >= 4 is 27.9 Å². The average molecular weight is 448 g/mol. The quantitative estimate of drug-likeness (QED) is 0.595. The Balaban J connectivity index is 1.54. The highest BCUT2D eigenvalue weighted by atomic mass is 32.2. The number of hydrogen-bond donors (Lipinski definition) is 2. The van der Waals surface area contributed by atoms with E-state index >= 15 is 0 Å². The van der Waals surface area contributed by atoms with Crippen LogP contribution < -0.4 is 20.7 Å². The Morgan fingerprint density at radius 2 is 1.81 bits per heavy atom. The molecule has 2 fully saturated rings. The fourth-order valence-electron chi connectivity index (χ4n) is 4.42. The molecule has 0 bridgehead atoms. The lowest BCUT2D eigenvalue weighted by Gasteiger charge is -2.30. The largest absolute Gasteiger partial charge is 0.378 e. The van der Waals surface area contributed by atoms with Crippen molar-refractivity contribution in [3.05, 3.63) is 18.0 Å². The van der Waals surface area contributed by atoms with Gasteiger partial charge in [0.1, 0.15) is 5.82 Å². The molecule has 2 aromatic rings. The van der Waals surface area contributed by atoms with Crippen LogP contribution in [0.25, 0.3) is 11.3 Å². The van der Waals surface area contributed by atoms with E-state index in [9.17, 15) is 8.42 Å². The van der Waals surface area contributed by atoms with E-state index < -0.39 is 10.2 Å². The van der Waals surface area contributed by atoms with E-state index in [0.29, 0.717) is 51.8 Å². The summed E-state index contributed by atoms with van der Waals surface area (Å²) in [6, 6.07) is 0.0162. The molecule has 0 aromatic carbocycles. The number of nitrogens with zero attached hydrogens (tertiary/aromatic N) is 7. The predicted octanol–water partition coefficient (Wildman–Crippen LogP) is -1.01. The van der Waals surface area contributed by atoms with Gasteiger partial charge in [-0.25, -0.2) is 20.1 Å². The maximum atomic E-state index is 11.8. The van der Waals surface area contributed by atoms with Gasteiger partial charge < -0.3 is 20.3 Å². The lowest BCUT2D eigenvalue weighted by molar-refractivity contribution is 0.122. The molecule has 5 rings (SSSR count). The van der Waals surface area contributed by atoms with Crippen LogP contribution in [0.5, 0.6) is 0 Å². The minimum Gasteiger partial charge on any atom is -0.378 e. The first kappa shape index (κ1) is 20.3. The zero-order valence-corrected chi connectivity index (χ0v) is 17.8. The zero-order chi connectivity index (χ0) is 21.6. The van der Waals surface area contributed by atoms with Gasteiger partial charge in [0.05, 0.1) is 18.9 Å². The molecular weight excluding hydrogens is 422 g/mol. The van der Waals surface area contributed by atoms with Crippen molar-refractivity contribution in [2.45, 2.75) is 18.9 Å². The van der Waals surface area contributed by atoms with E-state index in [1.54, 1.807) is 12.4 Å². The van der Waals surface area contributed by atoms with Gasteiger partial charge in [-0.1, -0.05) is 0 Å². The third kappa shape index (κ3) is 3.89. The second kappa shape index (κ2) is 7.82. The number of anilines is 3. The van der Waals surface area contributed by atoms with Gasteiger partial charge in [-0.05, 0) is 12.8 Å². The first-order valence-corrected chi connectivity index (χ1v) is 11.8. The van der Waals surface area contributed by atoms with Gasteiger partial charge >= 0.3 is 0 Å². The first-order chi connectivity index (χ1) is 14.9. The van der Waals surface area contributed by atoms with Crippen molar-refractivity contribution < 1.29 is 13.2 Å². The topological polar surface area (TPSA) is 157 Å². The highest BCUT2D eigenvalue weighted by Crippen LogP contribution is 2.37. The van der Waals surface area contributed by atoms with Crippen molar-refractivity contribution in [2.24, 2.45) is 5.14 Å². The van der Waals surface area contributed by atoms with E-state index in [4.69, 9.17) is 25.6 Å². The summed E-state index contributed by atoms with van der Waals surface area (Å²) < 4.78 is 30.4. The number of nitrogens with two attached hydrogens (primary N) is 2. The van der Waals surface area contributed by atoms with Crippen molar-refractivity contribution in [3.8, 4) is 11.3 Å². The second-order valence-corrected chi connectivity index (χ2v) is 9.44. The van der Waals surface area contributed by atoms with Gasteiger partial charge in [0.15, 0.2) is 0 Å². The maximum Gasteiger partial charge on any atom is 0.276 e. The van der Waals surface area contributed by atoms with Crippen LogP contribution in [-0.2, 0) is 21.4 Å². The summed E-state index contributed by atoms with van der Waals surface area (Å²) in [6.45, 7) is 4.17. The Hall–Kier alpha value is -2.61. The van der Waals surface area contributed by atoms with Crippen LogP contribution in [-0.4, -0.2) is 84.6 Å². The Morgan fingerprint density at radius 1 is 1.06 bits per heavy atom. The van der Waals surface area contributed by atoms with Crippen molar-refractivity contribution in [2.75, 3.05) is 61.5 Å². The van der Waals surface area contributed by atoms with Crippen LogP contribution >= 0.6 is 0 Å². The number of hydrogen-bond acceptors (Lipinski definition) is 10. The Morgan fingerprint density at radius 3 is 2.48 bits per heavy atom. The number of nitrogen functional groups attached to an aromatic ring is 1. The third-order valence-electron chi connectivity index (χ3n) is 6.01. The minimum absolute atomic E-state index is 0.0162. The summed E-state index contributed by atoms with van der Waals surface area (Å²) in [7, 11) is -3.70. The molecule has 3 aliphatic rings. The van der Waals surface area contributed by atoms with Crippen LogP contribution in [0.3, 0.4) is 0 Å². The molecule has 13 heteroatoms. The smallest absolute Gasteiger partial charge is 0.276 e. The minimum atomic E-state index is -3.70. The Kier molecular flexibility index (Phi) is 5.12. The average Bonchev–Trinajstić information content (AvgIpc) is 3.41. The van der Waals surface area contributed by atoms with Crippen LogP contribution in [0.4, 0.5) is 17.7 Å². The van der Waals surface area contributed by atoms with Crippen molar-refractivity contribution in [3.63, 3.8) is 0 Å². The highest BCUT2D eigenvalue weighted by molar-refractivity contribution is 7.86. The SMILES string of the molecule is Nc1ncc(-c2nc(N3CCOCC3)nc3c2CCN3[C@H]2CCN(S(N)(=O)=O)C2)cn1. The van der Waals surface area contributed by atoms with E-state index in [1.807, 2.05) is 0 Å². The van der Waals surface area contributed by atoms with Gasteiger partial charge in [-0.3, -0.25) is 0 Å². The van der Waals surface area contributed by atoms with Gasteiger partial charge in [0.25, 0.3) is 10.2 Å². The fraction of sp³-hybridized carbons (Fsp3) is 0.556. The predicted molar refractivity (Wildman–Crippen MR) is 115 cm³/mol. The van der Waals surface area contributed by atoms with Crippen molar-refractivity contribution in [1.82, 2.24) is 24.2 Å².